The number of carbonyl (C=O) groups excluding carboxylic acids is 1. The molecule has 0 bridgehead atoms. The highest BCUT2D eigenvalue weighted by Crippen LogP contribution is 2.25. The lowest BCUT2D eigenvalue weighted by Gasteiger charge is -2.23. The molecule has 0 unspecified atom stereocenters. The van der Waals surface area contributed by atoms with E-state index in [-0.39, 0.29) is 29.0 Å². The first-order chi connectivity index (χ1) is 14.9. The normalized spacial score (nSPS) is 16.3. The minimum atomic E-state index is -3.97. The number of ether oxygens (including phenoxy) is 1. The first-order valence-electron chi connectivity index (χ1n) is 10.9. The Hall–Kier alpha value is -2.38. The minimum Gasteiger partial charge on any atom is -0.495 e. The number of nitrogens with one attached hydrogen (secondary N) is 2. The van der Waals surface area contributed by atoms with Gasteiger partial charge in [0, 0.05) is 6.04 Å². The van der Waals surface area contributed by atoms with E-state index in [9.17, 15) is 13.2 Å². The summed E-state index contributed by atoms with van der Waals surface area (Å²) in [4.78, 5) is 13.2. The molecule has 0 radical (unpaired) electrons. The largest absolute Gasteiger partial charge is 0.495 e. The van der Waals surface area contributed by atoms with Crippen molar-refractivity contribution < 1.29 is 17.9 Å². The summed E-state index contributed by atoms with van der Waals surface area (Å²) in [7, 11) is -2.54. The van der Waals surface area contributed by atoms with Crippen molar-refractivity contribution in [3.63, 3.8) is 0 Å². The smallest absolute Gasteiger partial charge is 0.244 e. The van der Waals surface area contributed by atoms with Gasteiger partial charge in [0.2, 0.25) is 15.9 Å². The molecule has 0 aliphatic heterocycles. The molecule has 1 aliphatic carbocycles. The highest BCUT2D eigenvalue weighted by atomic mass is 32.2. The second kappa shape index (κ2) is 10.8. The third kappa shape index (κ3) is 6.55. The van der Waals surface area contributed by atoms with Crippen molar-refractivity contribution in [3.05, 3.63) is 59.7 Å². The second-order valence-corrected chi connectivity index (χ2v) is 9.90. The van der Waals surface area contributed by atoms with Crippen LogP contribution < -0.4 is 14.8 Å². The van der Waals surface area contributed by atoms with E-state index in [1.54, 1.807) is 18.2 Å². The van der Waals surface area contributed by atoms with E-state index < -0.39 is 16.1 Å². The Bertz CT molecular complexity index is 968. The maximum Gasteiger partial charge on any atom is 0.244 e. The Morgan fingerprint density at radius 1 is 1.06 bits per heavy atom. The van der Waals surface area contributed by atoms with Gasteiger partial charge in [0.05, 0.1) is 7.11 Å². The molecule has 3 rings (SSSR count). The molecule has 168 valence electrons. The van der Waals surface area contributed by atoms with Crippen molar-refractivity contribution in [1.29, 1.82) is 0 Å². The average Bonchev–Trinajstić information content (AvgIpc) is 3.02. The van der Waals surface area contributed by atoms with Crippen LogP contribution in [0.15, 0.2) is 53.4 Å². The molecule has 1 atom stereocenters. The van der Waals surface area contributed by atoms with Crippen LogP contribution in [-0.4, -0.2) is 33.5 Å². The Labute approximate surface area is 185 Å². The predicted octanol–water partition coefficient (Wildman–Crippen LogP) is 3.73. The van der Waals surface area contributed by atoms with Crippen LogP contribution in [-0.2, 0) is 21.2 Å². The van der Waals surface area contributed by atoms with E-state index in [0.717, 1.165) is 36.8 Å². The number of amides is 1. The second-order valence-electron chi connectivity index (χ2n) is 8.21. The molecule has 31 heavy (non-hydrogen) atoms. The van der Waals surface area contributed by atoms with Gasteiger partial charge < -0.3 is 10.1 Å². The highest BCUT2D eigenvalue weighted by molar-refractivity contribution is 7.89. The molecule has 0 saturated heterocycles. The van der Waals surface area contributed by atoms with Gasteiger partial charge in [0.25, 0.3) is 0 Å². The standard InChI is InChI=1S/C24H32N2O4S/c1-18-14-15-22(30-2)23(16-18)31(28,29)26-21(17-19-10-6-5-7-11-19)24(27)25-20-12-8-3-4-9-13-20/h5-7,10-11,14-16,20-21,26H,3-4,8-9,12-13,17H2,1-2H3,(H,25,27)/t21-/m0/s1. The number of carbonyl (C=O) groups is 1. The van der Waals surface area contributed by atoms with Gasteiger partial charge in [-0.15, -0.1) is 0 Å². The molecular formula is C24H32N2O4S. The molecule has 0 spiro atoms. The van der Waals surface area contributed by atoms with Gasteiger partial charge in [-0.1, -0.05) is 62.1 Å². The molecule has 7 heteroatoms. The van der Waals surface area contributed by atoms with Crippen molar-refractivity contribution in [2.45, 2.75) is 68.8 Å². The van der Waals surface area contributed by atoms with E-state index in [4.69, 9.17) is 4.74 Å². The summed E-state index contributed by atoms with van der Waals surface area (Å²) in [5, 5.41) is 3.10. The molecule has 0 heterocycles. The molecule has 1 fully saturated rings. The molecule has 2 N–H and O–H groups in total. The van der Waals surface area contributed by atoms with Crippen molar-refractivity contribution in [3.8, 4) is 5.75 Å². The fourth-order valence-corrected chi connectivity index (χ4v) is 5.46. The topological polar surface area (TPSA) is 84.5 Å². The molecule has 0 aromatic heterocycles. The molecule has 6 nitrogen and oxygen atoms in total. The molecular weight excluding hydrogens is 412 g/mol. The number of methoxy groups -OCH3 is 1. The quantitative estimate of drug-likeness (QED) is 0.608. The Morgan fingerprint density at radius 3 is 2.39 bits per heavy atom. The monoisotopic (exact) mass is 444 g/mol. The molecule has 2 aromatic carbocycles. The fraction of sp³-hybridized carbons (Fsp3) is 0.458. The summed E-state index contributed by atoms with van der Waals surface area (Å²) < 4.78 is 34.4. The van der Waals surface area contributed by atoms with E-state index in [1.165, 1.54) is 20.0 Å². The zero-order valence-electron chi connectivity index (χ0n) is 18.3. The van der Waals surface area contributed by atoms with Crippen LogP contribution in [0, 0.1) is 6.92 Å². The van der Waals surface area contributed by atoms with Gasteiger partial charge in [0.1, 0.15) is 16.7 Å². The summed E-state index contributed by atoms with van der Waals surface area (Å²) >= 11 is 0. The third-order valence-electron chi connectivity index (χ3n) is 5.71. The van der Waals surface area contributed by atoms with Crippen LogP contribution in [0.5, 0.6) is 5.75 Å². The van der Waals surface area contributed by atoms with Crippen LogP contribution in [0.1, 0.15) is 49.7 Å². The van der Waals surface area contributed by atoms with Crippen molar-refractivity contribution >= 4 is 15.9 Å². The summed E-state index contributed by atoms with van der Waals surface area (Å²) in [5.41, 5.74) is 1.69. The number of hydrogen-bond donors (Lipinski definition) is 2. The van der Waals surface area contributed by atoms with Gasteiger partial charge in [-0.2, -0.15) is 4.72 Å². The zero-order chi connectivity index (χ0) is 22.3. The highest BCUT2D eigenvalue weighted by Gasteiger charge is 2.29. The molecule has 1 saturated carbocycles. The lowest BCUT2D eigenvalue weighted by atomic mass is 10.0. The van der Waals surface area contributed by atoms with Crippen LogP contribution in [0.25, 0.3) is 0 Å². The summed E-state index contributed by atoms with van der Waals surface area (Å²) in [6.07, 6.45) is 6.66. The lowest BCUT2D eigenvalue weighted by Crippen LogP contribution is -2.50. The summed E-state index contributed by atoms with van der Waals surface area (Å²) in [6, 6.07) is 13.6. The van der Waals surface area contributed by atoms with Crippen molar-refractivity contribution in [2.24, 2.45) is 0 Å². The number of hydrogen-bond acceptors (Lipinski definition) is 4. The first-order valence-corrected chi connectivity index (χ1v) is 12.4. The minimum absolute atomic E-state index is 0.0373. The first kappa shape index (κ1) is 23.3. The predicted molar refractivity (Wildman–Crippen MR) is 122 cm³/mol. The van der Waals surface area contributed by atoms with Crippen LogP contribution in [0.2, 0.25) is 0 Å². The lowest BCUT2D eigenvalue weighted by molar-refractivity contribution is -0.123. The van der Waals surface area contributed by atoms with Gasteiger partial charge in [-0.25, -0.2) is 8.42 Å². The van der Waals surface area contributed by atoms with Gasteiger partial charge >= 0.3 is 0 Å². The number of sulfonamides is 1. The Kier molecular flexibility index (Phi) is 8.09. The molecule has 2 aromatic rings. The third-order valence-corrected chi connectivity index (χ3v) is 7.20. The fourth-order valence-electron chi connectivity index (χ4n) is 4.01. The Morgan fingerprint density at radius 2 is 1.74 bits per heavy atom. The van der Waals surface area contributed by atoms with Gasteiger partial charge in [-0.3, -0.25) is 4.79 Å². The van der Waals surface area contributed by atoms with Crippen LogP contribution in [0.3, 0.4) is 0 Å². The molecule has 1 amide bonds. The summed E-state index contributed by atoms with van der Waals surface area (Å²) in [6.45, 7) is 1.82. The van der Waals surface area contributed by atoms with E-state index in [0.29, 0.717) is 0 Å². The van der Waals surface area contributed by atoms with Crippen LogP contribution in [0.4, 0.5) is 0 Å². The molecule has 1 aliphatic rings. The Balaban J connectivity index is 1.85. The van der Waals surface area contributed by atoms with E-state index in [1.807, 2.05) is 37.3 Å². The zero-order valence-corrected chi connectivity index (χ0v) is 19.1. The van der Waals surface area contributed by atoms with Gasteiger partial charge in [0.15, 0.2) is 0 Å². The van der Waals surface area contributed by atoms with Gasteiger partial charge in [-0.05, 0) is 49.4 Å². The van der Waals surface area contributed by atoms with E-state index >= 15 is 0 Å². The SMILES string of the molecule is COc1ccc(C)cc1S(=O)(=O)N[C@@H](Cc1ccccc1)C(=O)NC1CCCCCC1. The maximum atomic E-state index is 13.2. The van der Waals surface area contributed by atoms with Crippen molar-refractivity contribution in [1.82, 2.24) is 10.0 Å². The summed E-state index contributed by atoms with van der Waals surface area (Å²) in [5.74, 6) is -0.0355. The van der Waals surface area contributed by atoms with Crippen LogP contribution >= 0.6 is 0 Å². The van der Waals surface area contributed by atoms with E-state index in [2.05, 4.69) is 10.0 Å². The number of benzene rings is 2. The average molecular weight is 445 g/mol. The maximum absolute atomic E-state index is 13.2. The number of aryl methyl sites for hydroxylation is 1. The van der Waals surface area contributed by atoms with Crippen molar-refractivity contribution in [2.75, 3.05) is 7.11 Å². The number of rotatable bonds is 8.